The number of ether oxygens (including phenoxy) is 1. The molecule has 0 bridgehead atoms. The molecule has 0 aliphatic heterocycles. The molecule has 1 heterocycles. The minimum atomic E-state index is -0.420. The minimum absolute atomic E-state index is 0.193. The molecule has 1 amide bonds. The van der Waals surface area contributed by atoms with Crippen LogP contribution in [0.1, 0.15) is 17.5 Å². The lowest BCUT2D eigenvalue weighted by Crippen LogP contribution is -2.12. The lowest BCUT2D eigenvalue weighted by atomic mass is 10.1. The van der Waals surface area contributed by atoms with Gasteiger partial charge in [-0.3, -0.25) is 9.78 Å². The maximum absolute atomic E-state index is 13.2. The second-order valence-corrected chi connectivity index (χ2v) is 6.01. The summed E-state index contributed by atoms with van der Waals surface area (Å²) >= 11 is 0. The predicted molar refractivity (Wildman–Crippen MR) is 98.3 cm³/mol. The monoisotopic (exact) mass is 368 g/mol. The van der Waals surface area contributed by atoms with Gasteiger partial charge in [0.1, 0.15) is 24.0 Å². The number of nitrogens with one attached hydrogen (secondary N) is 1. The van der Waals surface area contributed by atoms with Crippen LogP contribution in [0.3, 0.4) is 0 Å². The fourth-order valence-corrected chi connectivity index (χ4v) is 2.53. The van der Waals surface area contributed by atoms with Gasteiger partial charge in [-0.05, 0) is 47.9 Å². The van der Waals surface area contributed by atoms with E-state index in [9.17, 15) is 13.6 Å². The summed E-state index contributed by atoms with van der Waals surface area (Å²) < 4.78 is 31.9. The van der Waals surface area contributed by atoms with Crippen molar-refractivity contribution in [1.82, 2.24) is 4.98 Å². The van der Waals surface area contributed by atoms with E-state index in [2.05, 4.69) is 10.3 Å². The highest BCUT2D eigenvalue weighted by atomic mass is 19.1. The van der Waals surface area contributed by atoms with Gasteiger partial charge in [-0.2, -0.15) is 0 Å². The number of hydrogen-bond donors (Lipinski definition) is 1. The lowest BCUT2D eigenvalue weighted by Gasteiger charge is -2.09. The summed E-state index contributed by atoms with van der Waals surface area (Å²) in [6, 6.07) is 14.5. The molecule has 0 spiro atoms. The molecule has 3 aromatic rings. The van der Waals surface area contributed by atoms with Crippen molar-refractivity contribution in [1.29, 1.82) is 0 Å². The van der Waals surface area contributed by atoms with E-state index < -0.39 is 5.82 Å². The van der Waals surface area contributed by atoms with Crippen LogP contribution in [0.4, 0.5) is 14.5 Å². The Morgan fingerprint density at radius 3 is 2.59 bits per heavy atom. The third kappa shape index (κ3) is 5.88. The van der Waals surface area contributed by atoms with Gasteiger partial charge in [-0.1, -0.05) is 18.2 Å². The van der Waals surface area contributed by atoms with E-state index in [0.29, 0.717) is 29.0 Å². The molecule has 0 radical (unpaired) electrons. The second-order valence-electron chi connectivity index (χ2n) is 6.01. The van der Waals surface area contributed by atoms with E-state index in [4.69, 9.17) is 4.74 Å². The Kier molecular flexibility index (Phi) is 6.10. The van der Waals surface area contributed by atoms with Gasteiger partial charge in [0.05, 0.1) is 6.20 Å². The summed E-state index contributed by atoms with van der Waals surface area (Å²) in [5.74, 6) is -0.366. The maximum atomic E-state index is 13.2. The molecule has 0 saturated heterocycles. The quantitative estimate of drug-likeness (QED) is 0.668. The predicted octanol–water partition coefficient (Wildman–Crippen LogP) is 4.51. The first-order valence-electron chi connectivity index (χ1n) is 8.45. The van der Waals surface area contributed by atoms with Crippen LogP contribution in [0.5, 0.6) is 5.75 Å². The number of carbonyl (C=O) groups excluding carboxylic acids is 1. The summed E-state index contributed by atoms with van der Waals surface area (Å²) in [7, 11) is 0. The van der Waals surface area contributed by atoms with Crippen LogP contribution < -0.4 is 10.1 Å². The molecule has 138 valence electrons. The Morgan fingerprint density at radius 2 is 1.78 bits per heavy atom. The lowest BCUT2D eigenvalue weighted by molar-refractivity contribution is -0.116. The molecule has 4 nitrogen and oxygen atoms in total. The third-order valence-electron chi connectivity index (χ3n) is 3.81. The molecule has 1 aromatic heterocycles. The molecule has 0 unspecified atom stereocenters. The Labute approximate surface area is 155 Å². The number of aromatic nitrogens is 1. The van der Waals surface area contributed by atoms with Crippen molar-refractivity contribution < 1.29 is 18.3 Å². The van der Waals surface area contributed by atoms with Gasteiger partial charge < -0.3 is 10.1 Å². The maximum Gasteiger partial charge on any atom is 0.224 e. The average molecular weight is 368 g/mol. The van der Waals surface area contributed by atoms with Crippen LogP contribution in [0.25, 0.3) is 0 Å². The Balaban J connectivity index is 1.53. The minimum Gasteiger partial charge on any atom is -0.489 e. The normalized spacial score (nSPS) is 10.4. The van der Waals surface area contributed by atoms with Gasteiger partial charge in [0, 0.05) is 24.4 Å². The van der Waals surface area contributed by atoms with Crippen LogP contribution in [0.2, 0.25) is 0 Å². The van der Waals surface area contributed by atoms with Crippen LogP contribution in [-0.2, 0) is 17.8 Å². The number of benzene rings is 2. The number of halogens is 2. The van der Waals surface area contributed by atoms with Gasteiger partial charge >= 0.3 is 0 Å². The van der Waals surface area contributed by atoms with Gasteiger partial charge in [0.25, 0.3) is 0 Å². The SMILES string of the molecule is O=C(CCc1cncc(F)c1)Nc1cccc(OCc2cccc(F)c2)c1. The Morgan fingerprint density at radius 1 is 0.963 bits per heavy atom. The van der Waals surface area contributed by atoms with E-state index in [1.54, 1.807) is 36.4 Å². The molecule has 3 rings (SSSR count). The zero-order valence-electron chi connectivity index (χ0n) is 14.5. The number of nitrogens with zero attached hydrogens (tertiary/aromatic N) is 1. The third-order valence-corrected chi connectivity index (χ3v) is 3.81. The number of anilines is 1. The van der Waals surface area contributed by atoms with E-state index in [1.807, 2.05) is 0 Å². The number of pyridine rings is 1. The summed E-state index contributed by atoms with van der Waals surface area (Å²) in [4.78, 5) is 15.9. The molecule has 6 heteroatoms. The van der Waals surface area contributed by atoms with E-state index >= 15 is 0 Å². The molecule has 0 aliphatic carbocycles. The highest BCUT2D eigenvalue weighted by molar-refractivity contribution is 5.91. The molecular weight excluding hydrogens is 350 g/mol. The molecule has 27 heavy (non-hydrogen) atoms. The number of aryl methyl sites for hydroxylation is 1. The first-order chi connectivity index (χ1) is 13.1. The highest BCUT2D eigenvalue weighted by Crippen LogP contribution is 2.19. The molecular formula is C21H18F2N2O2. The summed E-state index contributed by atoms with van der Waals surface area (Å²) in [6.45, 7) is 0.224. The van der Waals surface area contributed by atoms with Crippen molar-refractivity contribution in [3.63, 3.8) is 0 Å². The smallest absolute Gasteiger partial charge is 0.224 e. The van der Waals surface area contributed by atoms with E-state index in [1.165, 1.54) is 24.4 Å². The zero-order valence-corrected chi connectivity index (χ0v) is 14.5. The topological polar surface area (TPSA) is 51.2 Å². The Bertz CT molecular complexity index is 931. The van der Waals surface area contributed by atoms with Crippen LogP contribution in [0.15, 0.2) is 67.0 Å². The van der Waals surface area contributed by atoms with Gasteiger partial charge in [-0.15, -0.1) is 0 Å². The summed E-state index contributed by atoms with van der Waals surface area (Å²) in [5, 5.41) is 2.78. The summed E-state index contributed by atoms with van der Waals surface area (Å²) in [5.41, 5.74) is 1.97. The van der Waals surface area contributed by atoms with Crippen molar-refractivity contribution in [3.8, 4) is 5.75 Å². The van der Waals surface area contributed by atoms with Crippen molar-refractivity contribution >= 4 is 11.6 Å². The Hall–Kier alpha value is -3.28. The zero-order chi connectivity index (χ0) is 19.1. The van der Waals surface area contributed by atoms with Crippen molar-refractivity contribution in [3.05, 3.63) is 89.8 Å². The van der Waals surface area contributed by atoms with Gasteiger partial charge in [-0.25, -0.2) is 8.78 Å². The first kappa shape index (κ1) is 18.5. The van der Waals surface area contributed by atoms with Crippen LogP contribution in [-0.4, -0.2) is 10.9 Å². The number of hydrogen-bond acceptors (Lipinski definition) is 3. The molecule has 0 atom stereocenters. The fourth-order valence-electron chi connectivity index (χ4n) is 2.53. The number of rotatable bonds is 7. The van der Waals surface area contributed by atoms with Gasteiger partial charge in [0.2, 0.25) is 5.91 Å². The average Bonchev–Trinajstić information content (AvgIpc) is 2.65. The standard InChI is InChI=1S/C21H18F2N2O2/c22-17-4-1-3-16(10-17)14-27-20-6-2-5-19(11-20)25-21(26)8-7-15-9-18(23)13-24-12-15/h1-6,9-13H,7-8,14H2,(H,25,26). The fraction of sp³-hybridized carbons (Fsp3) is 0.143. The number of amides is 1. The molecule has 0 aliphatic rings. The molecule has 0 fully saturated rings. The molecule has 1 N–H and O–H groups in total. The van der Waals surface area contributed by atoms with E-state index in [0.717, 1.165) is 6.20 Å². The van der Waals surface area contributed by atoms with Crippen LogP contribution >= 0.6 is 0 Å². The molecule has 2 aromatic carbocycles. The van der Waals surface area contributed by atoms with E-state index in [-0.39, 0.29) is 24.8 Å². The summed E-state index contributed by atoms with van der Waals surface area (Å²) in [6.07, 6.45) is 3.27. The van der Waals surface area contributed by atoms with Crippen molar-refractivity contribution in [2.75, 3.05) is 5.32 Å². The van der Waals surface area contributed by atoms with Crippen molar-refractivity contribution in [2.45, 2.75) is 19.4 Å². The van der Waals surface area contributed by atoms with Crippen molar-refractivity contribution in [2.24, 2.45) is 0 Å². The number of carbonyl (C=O) groups is 1. The highest BCUT2D eigenvalue weighted by Gasteiger charge is 2.06. The molecule has 0 saturated carbocycles. The largest absolute Gasteiger partial charge is 0.489 e. The van der Waals surface area contributed by atoms with Gasteiger partial charge in [0.15, 0.2) is 0 Å². The first-order valence-corrected chi connectivity index (χ1v) is 8.45. The van der Waals surface area contributed by atoms with Crippen LogP contribution in [0, 0.1) is 11.6 Å². The second kappa shape index (κ2) is 8.89.